The Morgan fingerprint density at radius 2 is 0.924 bits per heavy atom. The van der Waals surface area contributed by atoms with Crippen LogP contribution in [0, 0.1) is 20.2 Å². The molecule has 21 heteroatoms. The predicted octanol–water partition coefficient (Wildman–Crippen LogP) is 10.5. The average molecular weight is 1110 g/mol. The van der Waals surface area contributed by atoms with Gasteiger partial charge < -0.3 is 38.5 Å². The number of nitrogens with zero attached hydrogens (tertiary/aromatic N) is 6. The molecule has 4 amide bonds. The van der Waals surface area contributed by atoms with Crippen molar-refractivity contribution in [2.75, 3.05) is 53.5 Å². The van der Waals surface area contributed by atoms with Crippen molar-refractivity contribution >= 4 is 71.2 Å². The van der Waals surface area contributed by atoms with Gasteiger partial charge in [0.15, 0.2) is 0 Å². The summed E-state index contributed by atoms with van der Waals surface area (Å²) in [4.78, 5) is 112. The van der Waals surface area contributed by atoms with Crippen LogP contribution in [0.1, 0.15) is 103 Å². The number of esters is 2. The van der Waals surface area contributed by atoms with Crippen molar-refractivity contribution in [3.05, 3.63) is 127 Å². The molecule has 0 radical (unpaired) electrons. The normalized spacial score (nSPS) is 16.1. The predicted molar refractivity (Wildman–Crippen MR) is 298 cm³/mol. The molecule has 0 saturated carbocycles. The minimum atomic E-state index is -1.19. The van der Waals surface area contributed by atoms with E-state index in [9.17, 15) is 49.0 Å². The van der Waals surface area contributed by atoms with E-state index >= 15 is 0 Å². The molecule has 420 valence electrons. The molecule has 2 heterocycles. The quantitative estimate of drug-likeness (QED) is 0.0375. The van der Waals surface area contributed by atoms with Gasteiger partial charge in [-0.15, -0.1) is 0 Å². The fourth-order valence-electron chi connectivity index (χ4n) is 9.39. The maximum absolute atomic E-state index is 14.1. The van der Waals surface area contributed by atoms with Crippen LogP contribution in [0.25, 0.3) is 34.4 Å². The highest BCUT2D eigenvalue weighted by atomic mass is 32.2. The molecule has 0 N–H and O–H groups in total. The molecule has 0 spiro atoms. The Hall–Kier alpha value is -8.07. The van der Waals surface area contributed by atoms with E-state index in [4.69, 9.17) is 18.9 Å². The number of carbonyl (C=O) groups is 6. The molecule has 0 aliphatic carbocycles. The van der Waals surface area contributed by atoms with E-state index in [1.165, 1.54) is 70.3 Å². The van der Waals surface area contributed by atoms with Crippen LogP contribution in [0.3, 0.4) is 0 Å². The van der Waals surface area contributed by atoms with Crippen molar-refractivity contribution in [3.63, 3.8) is 0 Å². The first-order valence-electron chi connectivity index (χ1n) is 25.7. The Bertz CT molecular complexity index is 2880. The summed E-state index contributed by atoms with van der Waals surface area (Å²) >= 11 is 0.809. The van der Waals surface area contributed by atoms with E-state index < -0.39 is 80.4 Å². The Morgan fingerprint density at radius 3 is 1.24 bits per heavy atom. The van der Waals surface area contributed by atoms with Gasteiger partial charge in [0, 0.05) is 38.3 Å². The van der Waals surface area contributed by atoms with E-state index in [-0.39, 0.29) is 83.1 Å². The summed E-state index contributed by atoms with van der Waals surface area (Å²) in [5.41, 5.74) is 0.783. The lowest BCUT2D eigenvalue weighted by molar-refractivity contribution is -0.387. The fraction of sp³-hybridized carbons (Fsp3) is 0.414. The summed E-state index contributed by atoms with van der Waals surface area (Å²) in [6.45, 7) is 17.6. The molecule has 6 rings (SSSR count). The number of nitro groups is 2. The summed E-state index contributed by atoms with van der Waals surface area (Å²) in [6, 6.07) is 17.9. The van der Waals surface area contributed by atoms with Gasteiger partial charge in [-0.05, 0) is 111 Å². The number of carbonyl (C=O) groups excluding carboxylic acids is 6. The summed E-state index contributed by atoms with van der Waals surface area (Å²) < 4.78 is 21.1. The summed E-state index contributed by atoms with van der Waals surface area (Å²) in [5, 5.41) is 27.3. The zero-order valence-corrected chi connectivity index (χ0v) is 47.4. The molecule has 2 unspecified atom stereocenters. The Kier molecular flexibility index (Phi) is 19.2. The molecule has 2 fully saturated rings. The van der Waals surface area contributed by atoms with Gasteiger partial charge in [-0.2, -0.15) is 0 Å². The van der Waals surface area contributed by atoms with E-state index in [1.54, 1.807) is 90.1 Å². The minimum absolute atomic E-state index is 0.0371. The van der Waals surface area contributed by atoms with E-state index in [1.807, 2.05) is 39.8 Å². The summed E-state index contributed by atoms with van der Waals surface area (Å²) in [7, 11) is 2.34. The Labute approximate surface area is 464 Å². The highest BCUT2D eigenvalue weighted by molar-refractivity contribution is 7.99. The second-order valence-electron chi connectivity index (χ2n) is 21.5. The number of amides is 4. The summed E-state index contributed by atoms with van der Waals surface area (Å²) in [5.74, 6) is -3.07. The molecular formula is C58H68N6O14S. The first-order chi connectivity index (χ1) is 37.2. The smallest absolute Gasteiger partial charge is 0.410 e. The highest BCUT2D eigenvalue weighted by Crippen LogP contribution is 2.50. The van der Waals surface area contributed by atoms with E-state index in [0.717, 1.165) is 22.9 Å². The van der Waals surface area contributed by atoms with Gasteiger partial charge in [0.2, 0.25) is 11.8 Å². The zero-order chi connectivity index (χ0) is 58.3. The molecule has 2 aliphatic heterocycles. The molecule has 2 atom stereocenters. The lowest BCUT2D eigenvalue weighted by Crippen LogP contribution is -2.59. The van der Waals surface area contributed by atoms with E-state index in [0.29, 0.717) is 11.1 Å². The van der Waals surface area contributed by atoms with Crippen molar-refractivity contribution in [3.8, 4) is 22.3 Å². The van der Waals surface area contributed by atoms with Crippen LogP contribution >= 0.6 is 11.8 Å². The number of benzene rings is 4. The lowest BCUT2D eigenvalue weighted by Gasteiger charge is -2.39. The van der Waals surface area contributed by atoms with Crippen LogP contribution in [0.2, 0.25) is 0 Å². The Balaban J connectivity index is 1.46. The highest BCUT2D eigenvalue weighted by Gasteiger charge is 2.41. The number of hydrogen-bond acceptors (Lipinski definition) is 15. The summed E-state index contributed by atoms with van der Waals surface area (Å²) in [6.07, 6.45) is 3.92. The molecule has 0 aromatic heterocycles. The number of ether oxygens (including phenoxy) is 4. The van der Waals surface area contributed by atoms with Crippen molar-refractivity contribution in [1.29, 1.82) is 0 Å². The maximum atomic E-state index is 14.1. The molecule has 0 bridgehead atoms. The third-order valence-electron chi connectivity index (χ3n) is 13.0. The first kappa shape index (κ1) is 60.2. The van der Waals surface area contributed by atoms with Gasteiger partial charge in [0.25, 0.3) is 11.4 Å². The van der Waals surface area contributed by atoms with Crippen LogP contribution in [0.4, 0.5) is 21.0 Å². The van der Waals surface area contributed by atoms with Crippen molar-refractivity contribution in [1.82, 2.24) is 19.6 Å². The van der Waals surface area contributed by atoms with Gasteiger partial charge in [-0.3, -0.25) is 29.8 Å². The second-order valence-corrected chi connectivity index (χ2v) is 22.6. The van der Waals surface area contributed by atoms with Gasteiger partial charge in [-0.25, -0.2) is 19.2 Å². The average Bonchev–Trinajstić information content (AvgIpc) is 3.41. The zero-order valence-electron chi connectivity index (χ0n) is 46.6. The van der Waals surface area contributed by atoms with Gasteiger partial charge >= 0.3 is 24.1 Å². The number of nitro benzene ring substituents is 2. The lowest BCUT2D eigenvalue weighted by atomic mass is 9.89. The van der Waals surface area contributed by atoms with Crippen LogP contribution < -0.4 is 0 Å². The van der Waals surface area contributed by atoms with Crippen molar-refractivity contribution in [2.24, 2.45) is 0 Å². The van der Waals surface area contributed by atoms with Crippen molar-refractivity contribution in [2.45, 2.75) is 114 Å². The van der Waals surface area contributed by atoms with Crippen LogP contribution in [-0.2, 0) is 38.1 Å². The molecule has 20 nitrogen and oxygen atoms in total. The van der Waals surface area contributed by atoms with Gasteiger partial charge in [0.05, 0.1) is 58.1 Å². The molecular weight excluding hydrogens is 1040 g/mol. The number of methoxy groups -OCH3 is 2. The minimum Gasteiger partial charge on any atom is -0.467 e. The first-order valence-corrected chi connectivity index (χ1v) is 26.6. The molecule has 4 aromatic rings. The van der Waals surface area contributed by atoms with Crippen LogP contribution in [-0.4, -0.2) is 142 Å². The number of piperazine rings is 2. The third kappa shape index (κ3) is 14.4. The fourth-order valence-corrected chi connectivity index (χ4v) is 10.4. The van der Waals surface area contributed by atoms with E-state index in [2.05, 4.69) is 0 Å². The molecule has 4 aromatic carbocycles. The SMILES string of the molecule is COC(=O)C1CN(C(=O)OC(C)(C)C)CCN1C(=O)/C=C/c1ccc(Sc2ccc(/C=C/C(=O)N3CCN(C(=O)OC(C)(C)C)CC3C(=O)OC)c(-c3ccccc3C(C)C)c2[N+](=O)[O-])c([N+](=O)[O-])c1-c1ccccc1C(C)C. The number of rotatable bonds is 14. The van der Waals surface area contributed by atoms with Crippen molar-refractivity contribution < 1.29 is 57.6 Å². The largest absolute Gasteiger partial charge is 0.467 e. The standard InChI is InChI=1S/C58H68N6O14S/c1-35(2)39-17-13-15-19-41(39)49-37(23-27-47(65)61-31-29-59(33-43(61)53(67)75-11)55(69)77-57(5,6)7)21-25-45(51(49)63(71)72)79-46-26-22-38(50(52(46)64(73)74)42-20-16-14-18-40(42)36(3)4)24-28-48(66)62-32-30-60(34-44(62)54(68)76-12)56(70)78-58(8,9)10/h13-28,35-36,43-44H,29-34H2,1-12H3/b27-23+,28-24+. The number of hydrogen-bond donors (Lipinski definition) is 0. The molecule has 2 aliphatic rings. The van der Waals surface area contributed by atoms with Crippen LogP contribution in [0.15, 0.2) is 94.7 Å². The molecule has 2 saturated heterocycles. The topological polar surface area (TPSA) is 239 Å². The second kappa shape index (κ2) is 25.2. The molecule has 79 heavy (non-hydrogen) atoms. The third-order valence-corrected chi connectivity index (χ3v) is 14.1. The van der Waals surface area contributed by atoms with Crippen LogP contribution in [0.5, 0.6) is 0 Å². The Morgan fingerprint density at radius 1 is 0.570 bits per heavy atom. The maximum Gasteiger partial charge on any atom is 0.410 e. The van der Waals surface area contributed by atoms with Gasteiger partial charge in [0.1, 0.15) is 23.3 Å². The van der Waals surface area contributed by atoms with Gasteiger partial charge in [-0.1, -0.05) is 100 Å². The monoisotopic (exact) mass is 1100 g/mol.